The van der Waals surface area contributed by atoms with Gasteiger partial charge in [0, 0.05) is 39.0 Å². The Hall–Kier alpha value is -2.63. The minimum absolute atomic E-state index is 0.0757. The Labute approximate surface area is 184 Å². The van der Waals surface area contributed by atoms with Crippen molar-refractivity contribution in [1.82, 2.24) is 14.8 Å². The van der Waals surface area contributed by atoms with E-state index in [1.807, 2.05) is 17.9 Å². The van der Waals surface area contributed by atoms with Crippen molar-refractivity contribution in [3.8, 4) is 0 Å². The summed E-state index contributed by atoms with van der Waals surface area (Å²) in [4.78, 5) is 34.4. The fourth-order valence-electron chi connectivity index (χ4n) is 5.08. The molecule has 0 saturated carbocycles. The standard InChI is InChI=1S/C25H33N3O3/c1-18-23(31-19(2)26-18)25(30)28-16-12-21(13-17-28)22-10-6-7-14-27(24(22)29)15-11-20-8-4-3-5-9-20/h3-5,8-9,21-22H,6-7,10-17H2,1-2H3/t22-/m1/s1. The third-order valence-electron chi connectivity index (χ3n) is 6.83. The number of benzene rings is 1. The Balaban J connectivity index is 1.35. The number of amides is 2. The zero-order valence-corrected chi connectivity index (χ0v) is 18.7. The molecule has 0 spiro atoms. The molecule has 31 heavy (non-hydrogen) atoms. The van der Waals surface area contributed by atoms with Crippen molar-refractivity contribution in [3.05, 3.63) is 53.2 Å². The van der Waals surface area contributed by atoms with Crippen LogP contribution >= 0.6 is 0 Å². The van der Waals surface area contributed by atoms with E-state index in [9.17, 15) is 9.59 Å². The van der Waals surface area contributed by atoms with E-state index in [2.05, 4.69) is 34.1 Å². The van der Waals surface area contributed by atoms with Gasteiger partial charge in [-0.05, 0) is 50.5 Å². The van der Waals surface area contributed by atoms with Crippen LogP contribution < -0.4 is 0 Å². The first kappa shape index (κ1) is 21.6. The molecule has 6 heteroatoms. The summed E-state index contributed by atoms with van der Waals surface area (Å²) >= 11 is 0. The molecule has 2 aliphatic heterocycles. The lowest BCUT2D eigenvalue weighted by atomic mass is 9.81. The molecule has 166 valence electrons. The van der Waals surface area contributed by atoms with Crippen LogP contribution in [-0.2, 0) is 11.2 Å². The van der Waals surface area contributed by atoms with Crippen LogP contribution in [0.15, 0.2) is 34.7 Å². The maximum absolute atomic E-state index is 13.4. The Morgan fingerprint density at radius 3 is 2.48 bits per heavy atom. The molecule has 2 fully saturated rings. The van der Waals surface area contributed by atoms with Crippen LogP contribution in [0.1, 0.15) is 59.8 Å². The summed E-state index contributed by atoms with van der Waals surface area (Å²) in [6.07, 6.45) is 5.82. The summed E-state index contributed by atoms with van der Waals surface area (Å²) in [7, 11) is 0. The number of hydrogen-bond acceptors (Lipinski definition) is 4. The van der Waals surface area contributed by atoms with Gasteiger partial charge in [0.05, 0.1) is 5.69 Å². The van der Waals surface area contributed by atoms with E-state index in [4.69, 9.17) is 4.42 Å². The molecule has 0 radical (unpaired) electrons. The molecular formula is C25H33N3O3. The number of carbonyl (C=O) groups excluding carboxylic acids is 2. The van der Waals surface area contributed by atoms with E-state index in [0.717, 1.165) is 51.6 Å². The zero-order valence-electron chi connectivity index (χ0n) is 18.7. The summed E-state index contributed by atoms with van der Waals surface area (Å²) in [5.74, 6) is 1.56. The van der Waals surface area contributed by atoms with Gasteiger partial charge in [0.2, 0.25) is 11.7 Å². The summed E-state index contributed by atoms with van der Waals surface area (Å²) in [6, 6.07) is 10.4. The van der Waals surface area contributed by atoms with Crippen LogP contribution in [-0.4, -0.2) is 52.8 Å². The fraction of sp³-hybridized carbons (Fsp3) is 0.560. The van der Waals surface area contributed by atoms with Crippen molar-refractivity contribution in [3.63, 3.8) is 0 Å². The highest BCUT2D eigenvalue weighted by Crippen LogP contribution is 2.33. The van der Waals surface area contributed by atoms with E-state index >= 15 is 0 Å². The second-order valence-electron chi connectivity index (χ2n) is 8.94. The fourth-order valence-corrected chi connectivity index (χ4v) is 5.08. The van der Waals surface area contributed by atoms with Crippen LogP contribution in [0.25, 0.3) is 0 Å². The van der Waals surface area contributed by atoms with E-state index in [-0.39, 0.29) is 11.8 Å². The van der Waals surface area contributed by atoms with Gasteiger partial charge >= 0.3 is 0 Å². The van der Waals surface area contributed by atoms with Gasteiger partial charge in [-0.1, -0.05) is 36.8 Å². The van der Waals surface area contributed by atoms with Crippen LogP contribution in [0.4, 0.5) is 0 Å². The third kappa shape index (κ3) is 5.00. The molecular weight excluding hydrogens is 390 g/mol. The number of aromatic nitrogens is 1. The second-order valence-corrected chi connectivity index (χ2v) is 8.94. The van der Waals surface area contributed by atoms with Gasteiger partial charge in [-0.15, -0.1) is 0 Å². The molecule has 2 saturated heterocycles. The normalized spacial score (nSPS) is 20.7. The topological polar surface area (TPSA) is 66.7 Å². The first-order chi connectivity index (χ1) is 15.0. The van der Waals surface area contributed by atoms with Gasteiger partial charge in [-0.2, -0.15) is 0 Å². The quantitative estimate of drug-likeness (QED) is 0.729. The Bertz CT molecular complexity index is 900. The maximum atomic E-state index is 13.4. The maximum Gasteiger partial charge on any atom is 0.291 e. The molecule has 1 atom stereocenters. The first-order valence-electron chi connectivity index (χ1n) is 11.6. The van der Waals surface area contributed by atoms with Crippen molar-refractivity contribution in [2.45, 2.75) is 52.4 Å². The van der Waals surface area contributed by atoms with Gasteiger partial charge in [0.1, 0.15) is 0 Å². The minimum atomic E-state index is -0.0757. The van der Waals surface area contributed by atoms with Gasteiger partial charge in [0.25, 0.3) is 5.91 Å². The zero-order chi connectivity index (χ0) is 21.8. The van der Waals surface area contributed by atoms with Crippen molar-refractivity contribution in [2.75, 3.05) is 26.2 Å². The van der Waals surface area contributed by atoms with Gasteiger partial charge < -0.3 is 14.2 Å². The number of nitrogens with zero attached hydrogens (tertiary/aromatic N) is 3. The number of rotatable bonds is 5. The highest BCUT2D eigenvalue weighted by atomic mass is 16.4. The van der Waals surface area contributed by atoms with Crippen LogP contribution in [0.5, 0.6) is 0 Å². The van der Waals surface area contributed by atoms with E-state index in [0.29, 0.717) is 42.3 Å². The molecule has 0 aliphatic carbocycles. The number of likely N-dealkylation sites (tertiary alicyclic amines) is 2. The molecule has 0 bridgehead atoms. The van der Waals surface area contributed by atoms with Crippen molar-refractivity contribution in [2.24, 2.45) is 11.8 Å². The van der Waals surface area contributed by atoms with E-state index < -0.39 is 0 Å². The molecule has 2 aromatic rings. The molecule has 6 nitrogen and oxygen atoms in total. The Morgan fingerprint density at radius 2 is 1.81 bits per heavy atom. The lowest BCUT2D eigenvalue weighted by molar-refractivity contribution is -0.137. The average Bonchev–Trinajstić information content (AvgIpc) is 3.02. The number of carbonyl (C=O) groups is 2. The smallest absolute Gasteiger partial charge is 0.291 e. The van der Waals surface area contributed by atoms with E-state index in [1.165, 1.54) is 5.56 Å². The van der Waals surface area contributed by atoms with Crippen LogP contribution in [0.2, 0.25) is 0 Å². The molecule has 4 rings (SSSR count). The van der Waals surface area contributed by atoms with Crippen molar-refractivity contribution in [1.29, 1.82) is 0 Å². The number of piperidine rings is 1. The summed E-state index contributed by atoms with van der Waals surface area (Å²) < 4.78 is 5.52. The predicted molar refractivity (Wildman–Crippen MR) is 119 cm³/mol. The molecule has 3 heterocycles. The van der Waals surface area contributed by atoms with Crippen LogP contribution in [0.3, 0.4) is 0 Å². The lowest BCUT2D eigenvalue weighted by Crippen LogP contribution is -2.44. The van der Waals surface area contributed by atoms with Gasteiger partial charge in [-0.25, -0.2) is 4.98 Å². The summed E-state index contributed by atoms with van der Waals surface area (Å²) in [5.41, 5.74) is 1.93. The number of aryl methyl sites for hydroxylation is 2. The third-order valence-corrected chi connectivity index (χ3v) is 6.83. The molecule has 0 unspecified atom stereocenters. The highest BCUT2D eigenvalue weighted by Gasteiger charge is 2.36. The highest BCUT2D eigenvalue weighted by molar-refractivity contribution is 5.92. The number of oxazole rings is 1. The van der Waals surface area contributed by atoms with Crippen molar-refractivity contribution >= 4 is 11.8 Å². The molecule has 2 aliphatic rings. The summed E-state index contributed by atoms with van der Waals surface area (Å²) in [6.45, 7) is 6.58. The summed E-state index contributed by atoms with van der Waals surface area (Å²) in [5, 5.41) is 0. The Kier molecular flexibility index (Phi) is 6.73. The molecule has 1 aromatic heterocycles. The van der Waals surface area contributed by atoms with Crippen LogP contribution in [0, 0.1) is 25.7 Å². The molecule has 0 N–H and O–H groups in total. The minimum Gasteiger partial charge on any atom is -0.436 e. The first-order valence-corrected chi connectivity index (χ1v) is 11.6. The van der Waals surface area contributed by atoms with E-state index in [1.54, 1.807) is 6.92 Å². The largest absolute Gasteiger partial charge is 0.436 e. The van der Waals surface area contributed by atoms with Gasteiger partial charge in [-0.3, -0.25) is 9.59 Å². The lowest BCUT2D eigenvalue weighted by Gasteiger charge is -2.36. The molecule has 1 aromatic carbocycles. The van der Waals surface area contributed by atoms with Gasteiger partial charge in [0.15, 0.2) is 5.89 Å². The number of hydrogen-bond donors (Lipinski definition) is 0. The second kappa shape index (κ2) is 9.67. The van der Waals surface area contributed by atoms with Crippen molar-refractivity contribution < 1.29 is 14.0 Å². The monoisotopic (exact) mass is 423 g/mol. The Morgan fingerprint density at radius 1 is 1.06 bits per heavy atom. The molecule has 2 amide bonds. The predicted octanol–water partition coefficient (Wildman–Crippen LogP) is 4.02. The SMILES string of the molecule is Cc1nc(C)c(C(=O)N2CCC([C@H]3CCCCN(CCc4ccccc4)C3=O)CC2)o1. The average molecular weight is 424 g/mol.